The minimum Gasteiger partial charge on any atom is -0.354 e. The van der Waals surface area contributed by atoms with Gasteiger partial charge in [0.25, 0.3) is 0 Å². The number of hydrogen-bond donors (Lipinski definition) is 2. The third-order valence-corrected chi connectivity index (χ3v) is 6.62. The van der Waals surface area contributed by atoms with E-state index in [1.54, 1.807) is 17.0 Å². The van der Waals surface area contributed by atoms with Gasteiger partial charge < -0.3 is 15.5 Å². The van der Waals surface area contributed by atoms with Crippen LogP contribution in [0.2, 0.25) is 0 Å². The zero-order valence-corrected chi connectivity index (χ0v) is 18.0. The number of rotatable bonds is 7. The molecule has 0 aromatic heterocycles. The Morgan fingerprint density at radius 2 is 1.83 bits per heavy atom. The van der Waals surface area contributed by atoms with Gasteiger partial charge in [0.05, 0.1) is 4.90 Å². The number of carbonyl (C=O) groups is 2. The van der Waals surface area contributed by atoms with Crippen LogP contribution in [0, 0.1) is 5.92 Å². The summed E-state index contributed by atoms with van der Waals surface area (Å²) >= 11 is 0. The fourth-order valence-electron chi connectivity index (χ4n) is 3.12. The molecular formula is C20H30N4O4S. The molecule has 1 aliphatic rings. The predicted octanol–water partition coefficient (Wildman–Crippen LogP) is 2.26. The Balaban J connectivity index is 1.92. The minimum absolute atomic E-state index is 0.0401. The molecule has 0 spiro atoms. The van der Waals surface area contributed by atoms with E-state index >= 15 is 0 Å². The summed E-state index contributed by atoms with van der Waals surface area (Å²) in [5.41, 5.74) is 0.514. The molecule has 0 bridgehead atoms. The van der Waals surface area contributed by atoms with Crippen LogP contribution < -0.4 is 10.6 Å². The number of hydrogen-bond acceptors (Lipinski definition) is 4. The number of sulfonamides is 1. The third-order valence-electron chi connectivity index (χ3n) is 4.78. The largest absolute Gasteiger partial charge is 0.354 e. The molecule has 1 aromatic rings. The van der Waals surface area contributed by atoms with Crippen LogP contribution in [0.1, 0.15) is 26.7 Å². The average molecular weight is 423 g/mol. The van der Waals surface area contributed by atoms with Crippen LogP contribution in [0.4, 0.5) is 10.5 Å². The number of piperidine rings is 1. The normalized spacial score (nSPS) is 15.4. The second-order valence-electron chi connectivity index (χ2n) is 7.45. The number of likely N-dealkylation sites (N-methyl/N-ethyl adjacent to an activating group) is 1. The van der Waals surface area contributed by atoms with E-state index in [1.165, 1.54) is 29.6 Å². The Morgan fingerprint density at radius 3 is 2.34 bits per heavy atom. The lowest BCUT2D eigenvalue weighted by atomic mass is 9.96. The summed E-state index contributed by atoms with van der Waals surface area (Å²) in [6.45, 7) is 8.61. The van der Waals surface area contributed by atoms with Crippen LogP contribution in [0.5, 0.6) is 0 Å². The van der Waals surface area contributed by atoms with Crippen molar-refractivity contribution >= 4 is 27.6 Å². The van der Waals surface area contributed by atoms with Crippen LogP contribution in [-0.2, 0) is 14.8 Å². The third kappa shape index (κ3) is 6.04. The molecule has 1 aromatic carbocycles. The maximum Gasteiger partial charge on any atom is 0.321 e. The topological polar surface area (TPSA) is 98.8 Å². The van der Waals surface area contributed by atoms with Crippen LogP contribution in [0.3, 0.4) is 0 Å². The Labute approximate surface area is 173 Å². The minimum atomic E-state index is -3.59. The van der Waals surface area contributed by atoms with E-state index in [9.17, 15) is 18.0 Å². The molecule has 2 N–H and O–H groups in total. The lowest BCUT2D eigenvalue weighted by molar-refractivity contribution is -0.126. The molecule has 1 aliphatic heterocycles. The Morgan fingerprint density at radius 1 is 1.24 bits per heavy atom. The SMILES string of the molecule is C=CCN(C)S(=O)(=O)c1ccc(NC(=O)N2CCC(C(=O)NC(C)C)CC2)cc1. The quantitative estimate of drug-likeness (QED) is 0.659. The molecule has 160 valence electrons. The predicted molar refractivity (Wildman–Crippen MR) is 113 cm³/mol. The monoisotopic (exact) mass is 422 g/mol. The van der Waals surface area contributed by atoms with Crippen LogP contribution in [0.25, 0.3) is 0 Å². The van der Waals surface area contributed by atoms with Gasteiger partial charge in [0.1, 0.15) is 0 Å². The van der Waals surface area contributed by atoms with E-state index < -0.39 is 10.0 Å². The highest BCUT2D eigenvalue weighted by Gasteiger charge is 2.27. The number of urea groups is 1. The molecule has 9 heteroatoms. The number of benzene rings is 1. The number of nitrogens with zero attached hydrogens (tertiary/aromatic N) is 2. The Kier molecular flexibility index (Phi) is 7.80. The van der Waals surface area contributed by atoms with Gasteiger partial charge in [-0.15, -0.1) is 6.58 Å². The summed E-state index contributed by atoms with van der Waals surface area (Å²) in [4.78, 5) is 26.4. The van der Waals surface area contributed by atoms with E-state index in [0.717, 1.165) is 0 Å². The summed E-state index contributed by atoms with van der Waals surface area (Å²) in [5.74, 6) is -0.0308. The van der Waals surface area contributed by atoms with Gasteiger partial charge in [-0.05, 0) is 51.0 Å². The Hall–Kier alpha value is -2.39. The van der Waals surface area contributed by atoms with Gasteiger partial charge in [-0.1, -0.05) is 6.08 Å². The summed E-state index contributed by atoms with van der Waals surface area (Å²) in [5, 5.41) is 5.70. The molecule has 3 amide bonds. The highest BCUT2D eigenvalue weighted by Crippen LogP contribution is 2.20. The van der Waals surface area contributed by atoms with Crippen LogP contribution in [-0.4, -0.2) is 62.3 Å². The molecule has 1 fully saturated rings. The Bertz CT molecular complexity index is 829. The number of amides is 3. The summed E-state index contributed by atoms with van der Waals surface area (Å²) in [6.07, 6.45) is 2.76. The van der Waals surface area contributed by atoms with E-state index in [2.05, 4.69) is 17.2 Å². The van der Waals surface area contributed by atoms with Gasteiger partial charge in [0.15, 0.2) is 0 Å². The highest BCUT2D eigenvalue weighted by molar-refractivity contribution is 7.89. The lowest BCUT2D eigenvalue weighted by Crippen LogP contribution is -2.45. The zero-order chi connectivity index (χ0) is 21.6. The van der Waals surface area contributed by atoms with E-state index in [0.29, 0.717) is 31.6 Å². The van der Waals surface area contributed by atoms with Gasteiger partial charge in [-0.25, -0.2) is 13.2 Å². The molecule has 0 saturated carbocycles. The van der Waals surface area contributed by atoms with Gasteiger partial charge in [-0.3, -0.25) is 4.79 Å². The lowest BCUT2D eigenvalue weighted by Gasteiger charge is -2.31. The van der Waals surface area contributed by atoms with Crippen molar-refractivity contribution in [2.75, 3.05) is 32.0 Å². The van der Waals surface area contributed by atoms with Gasteiger partial charge in [0, 0.05) is 44.3 Å². The molecule has 8 nitrogen and oxygen atoms in total. The fraction of sp³-hybridized carbons (Fsp3) is 0.500. The van der Waals surface area contributed by atoms with Crippen molar-refractivity contribution in [1.29, 1.82) is 0 Å². The summed E-state index contributed by atoms with van der Waals surface area (Å²) in [6, 6.07) is 5.91. The average Bonchev–Trinajstić information content (AvgIpc) is 2.68. The molecule has 0 unspecified atom stereocenters. The molecule has 0 radical (unpaired) electrons. The standard InChI is InChI=1S/C20H30N4O4S/c1-5-12-23(4)29(27,28)18-8-6-17(7-9-18)22-20(26)24-13-10-16(11-14-24)19(25)21-15(2)3/h5-9,15-16H,1,10-14H2,2-4H3,(H,21,25)(H,22,26). The van der Waals surface area contributed by atoms with Crippen molar-refractivity contribution in [3.05, 3.63) is 36.9 Å². The summed E-state index contributed by atoms with van der Waals surface area (Å²) in [7, 11) is -2.10. The van der Waals surface area contributed by atoms with Gasteiger partial charge >= 0.3 is 6.03 Å². The number of anilines is 1. The number of carbonyl (C=O) groups excluding carboxylic acids is 2. The smallest absolute Gasteiger partial charge is 0.321 e. The molecular weight excluding hydrogens is 392 g/mol. The molecule has 0 atom stereocenters. The molecule has 1 heterocycles. The number of likely N-dealkylation sites (tertiary alicyclic amines) is 1. The van der Waals surface area contributed by atoms with Crippen molar-refractivity contribution in [2.45, 2.75) is 37.6 Å². The summed E-state index contributed by atoms with van der Waals surface area (Å²) < 4.78 is 26.0. The second kappa shape index (κ2) is 9.89. The van der Waals surface area contributed by atoms with Crippen molar-refractivity contribution in [3.63, 3.8) is 0 Å². The van der Waals surface area contributed by atoms with Gasteiger partial charge in [-0.2, -0.15) is 4.31 Å². The van der Waals surface area contributed by atoms with Crippen molar-refractivity contribution in [3.8, 4) is 0 Å². The van der Waals surface area contributed by atoms with E-state index in [1.807, 2.05) is 13.8 Å². The first kappa shape index (κ1) is 22.9. The van der Waals surface area contributed by atoms with Crippen molar-refractivity contribution < 1.29 is 18.0 Å². The molecule has 0 aliphatic carbocycles. The number of nitrogens with one attached hydrogen (secondary N) is 2. The maximum absolute atomic E-state index is 12.5. The van der Waals surface area contributed by atoms with Gasteiger partial charge in [0.2, 0.25) is 15.9 Å². The zero-order valence-electron chi connectivity index (χ0n) is 17.2. The van der Waals surface area contributed by atoms with Crippen molar-refractivity contribution in [1.82, 2.24) is 14.5 Å². The first-order valence-electron chi connectivity index (χ1n) is 9.68. The maximum atomic E-state index is 12.5. The van der Waals surface area contributed by atoms with Crippen molar-refractivity contribution in [2.24, 2.45) is 5.92 Å². The van der Waals surface area contributed by atoms with E-state index in [4.69, 9.17) is 0 Å². The van der Waals surface area contributed by atoms with E-state index in [-0.39, 0.29) is 35.3 Å². The molecule has 1 saturated heterocycles. The second-order valence-corrected chi connectivity index (χ2v) is 9.50. The first-order chi connectivity index (χ1) is 13.6. The van der Waals surface area contributed by atoms with Crippen LogP contribution in [0.15, 0.2) is 41.8 Å². The fourth-order valence-corrected chi connectivity index (χ4v) is 4.26. The molecule has 2 rings (SSSR count). The molecule has 29 heavy (non-hydrogen) atoms. The van der Waals surface area contributed by atoms with Crippen LogP contribution >= 0.6 is 0 Å². The first-order valence-corrected chi connectivity index (χ1v) is 11.1. The highest BCUT2D eigenvalue weighted by atomic mass is 32.2.